The van der Waals surface area contributed by atoms with E-state index in [1.165, 1.54) is 31.3 Å². The molecule has 0 amide bonds. The van der Waals surface area contributed by atoms with Crippen LogP contribution in [0, 0.1) is 5.82 Å². The molecule has 3 heterocycles. The first-order valence-corrected chi connectivity index (χ1v) is 12.1. The molecule has 2 aromatic carbocycles. The highest BCUT2D eigenvalue weighted by atomic mass is 35.5. The highest BCUT2D eigenvalue weighted by molar-refractivity contribution is 6.42. The lowest BCUT2D eigenvalue weighted by Crippen LogP contribution is -2.42. The van der Waals surface area contributed by atoms with Gasteiger partial charge in [-0.15, -0.1) is 0 Å². The Hall–Kier alpha value is -2.39. The molecule has 0 saturated carbocycles. The lowest BCUT2D eigenvalue weighted by Gasteiger charge is -2.30. The third-order valence-corrected chi connectivity index (χ3v) is 7.05. The van der Waals surface area contributed by atoms with Crippen molar-refractivity contribution in [2.75, 3.05) is 18.5 Å². The smallest absolute Gasteiger partial charge is 0.166 e. The first kappa shape index (κ1) is 23.4. The van der Waals surface area contributed by atoms with Crippen molar-refractivity contribution >= 4 is 45.6 Å². The van der Waals surface area contributed by atoms with Gasteiger partial charge in [0.2, 0.25) is 0 Å². The van der Waals surface area contributed by atoms with E-state index in [2.05, 4.69) is 20.6 Å². The second-order valence-corrected chi connectivity index (χ2v) is 9.45. The number of hydrogen-bond acceptors (Lipinski definition) is 7. The Morgan fingerprint density at radius 1 is 1.12 bits per heavy atom. The minimum atomic E-state index is -0.661. The molecule has 2 saturated heterocycles. The van der Waals surface area contributed by atoms with Crippen LogP contribution in [0.2, 0.25) is 10.0 Å². The van der Waals surface area contributed by atoms with Gasteiger partial charge in [0, 0.05) is 36.6 Å². The Balaban J connectivity index is 1.49. The number of fused-ring (bicyclic) bond motifs is 3. The van der Waals surface area contributed by atoms with Gasteiger partial charge in [-0.05, 0) is 43.9 Å². The molecule has 3 N–H and O–H groups in total. The Bertz CT molecular complexity index is 1190. The van der Waals surface area contributed by atoms with E-state index in [4.69, 9.17) is 37.8 Å². The number of ether oxygens (including phenoxy) is 2. The van der Waals surface area contributed by atoms with E-state index in [1.54, 1.807) is 6.07 Å². The quantitative estimate of drug-likeness (QED) is 0.284. The highest BCUT2D eigenvalue weighted by Gasteiger charge is 2.35. The van der Waals surface area contributed by atoms with Crippen molar-refractivity contribution in [3.05, 3.63) is 46.5 Å². The summed E-state index contributed by atoms with van der Waals surface area (Å²) in [6, 6.07) is 7.58. The first-order valence-electron chi connectivity index (χ1n) is 11.4. The van der Waals surface area contributed by atoms with Crippen LogP contribution in [0.15, 0.2) is 30.6 Å². The molecule has 7 nitrogen and oxygen atoms in total. The third kappa shape index (κ3) is 4.86. The number of halogens is 3. The number of nitrogens with one attached hydrogen (secondary N) is 2. The summed E-state index contributed by atoms with van der Waals surface area (Å²) in [4.78, 5) is 8.68. The molecule has 34 heavy (non-hydrogen) atoms. The van der Waals surface area contributed by atoms with Crippen molar-refractivity contribution in [1.29, 1.82) is 0 Å². The van der Waals surface area contributed by atoms with Gasteiger partial charge >= 0.3 is 0 Å². The summed E-state index contributed by atoms with van der Waals surface area (Å²) in [6.45, 7) is 0.382. The molecule has 2 aliphatic rings. The Labute approximate surface area is 206 Å². The van der Waals surface area contributed by atoms with Gasteiger partial charge in [0.15, 0.2) is 17.3 Å². The van der Waals surface area contributed by atoms with Gasteiger partial charge in [-0.25, -0.2) is 14.4 Å². The number of nitrogens with zero attached hydrogens (tertiary/aromatic N) is 2. The number of aliphatic hydroxyl groups is 1. The lowest BCUT2D eigenvalue weighted by atomic mass is 10.0. The van der Waals surface area contributed by atoms with E-state index in [0.29, 0.717) is 53.3 Å². The zero-order valence-corrected chi connectivity index (χ0v) is 19.9. The number of aliphatic hydroxyl groups excluding tert-OH is 1. The molecule has 0 spiro atoms. The van der Waals surface area contributed by atoms with Crippen molar-refractivity contribution in [3.63, 3.8) is 0 Å². The molecule has 0 unspecified atom stereocenters. The average Bonchev–Trinajstić information content (AvgIpc) is 3.18. The molecule has 2 aliphatic heterocycles. The summed E-state index contributed by atoms with van der Waals surface area (Å²) in [7, 11) is 0. The average molecular weight is 507 g/mol. The zero-order chi connectivity index (χ0) is 23.7. The van der Waals surface area contributed by atoms with E-state index in [1.807, 2.05) is 6.07 Å². The normalized spacial score (nSPS) is 21.6. The van der Waals surface area contributed by atoms with E-state index in [9.17, 15) is 4.39 Å². The summed E-state index contributed by atoms with van der Waals surface area (Å²) in [5, 5.41) is 16.4. The maximum absolute atomic E-state index is 14.7. The van der Waals surface area contributed by atoms with Gasteiger partial charge in [0.05, 0.1) is 27.9 Å². The van der Waals surface area contributed by atoms with Crippen molar-refractivity contribution < 1.29 is 19.0 Å². The van der Waals surface area contributed by atoms with Crippen molar-refractivity contribution in [2.45, 2.75) is 50.3 Å². The van der Waals surface area contributed by atoms with Crippen molar-refractivity contribution in [1.82, 2.24) is 15.3 Å². The number of anilines is 2. The SMILES string of the molecule is OCCCOc1cc2ncnc(Nc3ccc(Cl)c(Cl)c3F)c2cc1O[C@@H]1C[C@H]2CC[C@@H](C1)N2. The minimum Gasteiger partial charge on any atom is -0.490 e. The van der Waals surface area contributed by atoms with Gasteiger partial charge in [0.1, 0.15) is 18.2 Å². The molecule has 3 aromatic rings. The molecule has 180 valence electrons. The van der Waals surface area contributed by atoms with Gasteiger partial charge in [-0.3, -0.25) is 0 Å². The van der Waals surface area contributed by atoms with Crippen LogP contribution in [-0.4, -0.2) is 46.5 Å². The van der Waals surface area contributed by atoms with Crippen LogP contribution in [0.5, 0.6) is 11.5 Å². The summed E-state index contributed by atoms with van der Waals surface area (Å²) in [5.41, 5.74) is 0.754. The van der Waals surface area contributed by atoms with E-state index >= 15 is 0 Å². The fraction of sp³-hybridized carbons (Fsp3) is 0.417. The van der Waals surface area contributed by atoms with Crippen LogP contribution in [0.1, 0.15) is 32.1 Å². The number of hydrogen-bond donors (Lipinski definition) is 3. The molecular weight excluding hydrogens is 482 g/mol. The molecule has 10 heteroatoms. The number of aromatic nitrogens is 2. The molecule has 1 aromatic heterocycles. The van der Waals surface area contributed by atoms with Crippen LogP contribution in [-0.2, 0) is 0 Å². The third-order valence-electron chi connectivity index (χ3n) is 6.27. The minimum absolute atomic E-state index is 0.0346. The van der Waals surface area contributed by atoms with Gasteiger partial charge in [-0.2, -0.15) is 0 Å². The molecule has 2 bridgehead atoms. The van der Waals surface area contributed by atoms with E-state index in [-0.39, 0.29) is 28.4 Å². The Morgan fingerprint density at radius 3 is 2.68 bits per heavy atom. The fourth-order valence-corrected chi connectivity index (χ4v) is 4.96. The predicted octanol–water partition coefficient (Wildman–Crippen LogP) is 5.24. The molecule has 5 rings (SSSR count). The summed E-state index contributed by atoms with van der Waals surface area (Å²) < 4.78 is 27.0. The Kier molecular flexibility index (Phi) is 6.92. The van der Waals surface area contributed by atoms with Crippen molar-refractivity contribution in [3.8, 4) is 11.5 Å². The summed E-state index contributed by atoms with van der Waals surface area (Å²) >= 11 is 11.9. The topological polar surface area (TPSA) is 88.5 Å². The van der Waals surface area contributed by atoms with E-state index < -0.39 is 5.82 Å². The zero-order valence-electron chi connectivity index (χ0n) is 18.4. The molecule has 2 fully saturated rings. The highest BCUT2D eigenvalue weighted by Crippen LogP contribution is 2.39. The first-order chi connectivity index (χ1) is 16.5. The largest absolute Gasteiger partial charge is 0.490 e. The van der Waals surface area contributed by atoms with Crippen molar-refractivity contribution in [2.24, 2.45) is 0 Å². The number of rotatable bonds is 8. The van der Waals surface area contributed by atoms with Crippen LogP contribution in [0.25, 0.3) is 10.9 Å². The summed E-state index contributed by atoms with van der Waals surface area (Å²) in [5.74, 6) is 0.868. The predicted molar refractivity (Wildman–Crippen MR) is 130 cm³/mol. The second kappa shape index (κ2) is 10.1. The maximum atomic E-state index is 14.7. The molecule has 0 aliphatic carbocycles. The maximum Gasteiger partial charge on any atom is 0.166 e. The molecule has 0 radical (unpaired) electrons. The number of piperidine rings is 1. The Morgan fingerprint density at radius 2 is 1.91 bits per heavy atom. The van der Waals surface area contributed by atoms with Crippen LogP contribution in [0.3, 0.4) is 0 Å². The number of benzene rings is 2. The van der Waals surface area contributed by atoms with Gasteiger partial charge in [-0.1, -0.05) is 23.2 Å². The van der Waals surface area contributed by atoms with Crippen LogP contribution < -0.4 is 20.1 Å². The van der Waals surface area contributed by atoms with Crippen LogP contribution >= 0.6 is 23.2 Å². The standard InChI is InChI=1S/C24H25Cl2FN4O3/c25-17-4-5-18(23(27)22(17)26)31-24-16-10-21(34-15-8-13-2-3-14(9-15)30-13)20(33-7-1-6-32)11-19(16)28-12-29-24/h4-5,10-15,30,32H,1-3,6-9H2,(H,28,29,31)/t13-,14+,15-. The van der Waals surface area contributed by atoms with Gasteiger partial charge < -0.3 is 25.2 Å². The monoisotopic (exact) mass is 506 g/mol. The fourth-order valence-electron chi connectivity index (χ4n) is 4.65. The van der Waals surface area contributed by atoms with E-state index in [0.717, 1.165) is 12.8 Å². The second-order valence-electron chi connectivity index (χ2n) is 8.66. The molecule has 3 atom stereocenters. The summed E-state index contributed by atoms with van der Waals surface area (Å²) in [6.07, 6.45) is 6.14. The van der Waals surface area contributed by atoms with Crippen LogP contribution in [0.4, 0.5) is 15.9 Å². The molecular formula is C24H25Cl2FN4O3. The lowest BCUT2D eigenvalue weighted by molar-refractivity contribution is 0.130. The van der Waals surface area contributed by atoms with Gasteiger partial charge in [0.25, 0.3) is 0 Å².